The Bertz CT molecular complexity index is 291. The molecule has 0 atom stereocenters. The van der Waals surface area contributed by atoms with E-state index in [-0.39, 0.29) is 7.33 Å². The van der Waals surface area contributed by atoms with E-state index in [9.17, 15) is 4.79 Å². The molecule has 2 heterocycles. The molecule has 0 saturated heterocycles. The minimum Gasteiger partial charge on any atom is -0.272 e. The molecule has 1 N–H and O–H groups in total. The maximum absolute atomic E-state index is 10.7. The molecular weight excluding hydrogens is 118 g/mol. The Morgan fingerprint density at radius 2 is 2.56 bits per heavy atom. The molecule has 4 nitrogen and oxygen atoms in total. The zero-order valence-electron chi connectivity index (χ0n) is 5.46. The number of hydrogen-bond acceptors (Lipinski definition) is 2. The van der Waals surface area contributed by atoms with Gasteiger partial charge in [-0.15, -0.1) is 0 Å². The summed E-state index contributed by atoms with van der Waals surface area (Å²) in [5.74, 6) is -0.234. The summed E-state index contributed by atoms with van der Waals surface area (Å²) < 4.78 is 0. The monoisotopic (exact) mass is 122 g/mol. The van der Waals surface area contributed by atoms with Crippen LogP contribution in [0.5, 0.6) is 0 Å². The summed E-state index contributed by atoms with van der Waals surface area (Å²) in [5.41, 5.74) is 1.27. The van der Waals surface area contributed by atoms with Gasteiger partial charge in [0, 0.05) is 11.8 Å². The van der Waals surface area contributed by atoms with Crippen molar-refractivity contribution in [3.63, 3.8) is 0 Å². The van der Waals surface area contributed by atoms with E-state index >= 15 is 0 Å². The normalized spacial score (nSPS) is 14.4. The molecule has 0 spiro atoms. The number of H-pyrrole nitrogens is 1. The van der Waals surface area contributed by atoms with Crippen molar-refractivity contribution in [1.29, 1.82) is 0 Å². The average Bonchev–Trinajstić information content (AvgIpc) is 2.35. The molecule has 0 saturated carbocycles. The lowest BCUT2D eigenvalue weighted by Gasteiger charge is -1.77. The Morgan fingerprint density at radius 3 is 3.33 bits per heavy atom. The highest BCUT2D eigenvalue weighted by molar-refractivity contribution is 6.11. The molecule has 1 amide bonds. The van der Waals surface area contributed by atoms with Gasteiger partial charge in [-0.05, 0) is 0 Å². The Hall–Kier alpha value is -1.45. The molecule has 0 aliphatic carbocycles. The minimum atomic E-state index is -0.234. The zero-order valence-corrected chi connectivity index (χ0v) is 4.46. The lowest BCUT2D eigenvalue weighted by molar-refractivity contribution is 0.100. The SMILES string of the molecule is O=C1N=Cc2cn[nH]c21.[H+]. The lowest BCUT2D eigenvalue weighted by Crippen LogP contribution is -1.90. The first kappa shape index (κ1) is 4.43. The minimum absolute atomic E-state index is 0. The average molecular weight is 122 g/mol. The third-order valence-corrected chi connectivity index (χ3v) is 1.20. The Balaban J connectivity index is 0.000000500. The summed E-state index contributed by atoms with van der Waals surface area (Å²) in [7, 11) is 0. The van der Waals surface area contributed by atoms with Gasteiger partial charge < -0.3 is 0 Å². The van der Waals surface area contributed by atoms with Gasteiger partial charge in [0.25, 0.3) is 5.91 Å². The highest BCUT2D eigenvalue weighted by Crippen LogP contribution is 2.08. The number of hydrogen-bond donors (Lipinski definition) is 1. The number of aromatic nitrogens is 2. The fraction of sp³-hybridized carbons (Fsp3) is 0. The van der Waals surface area contributed by atoms with Crippen molar-refractivity contribution in [2.24, 2.45) is 4.99 Å². The van der Waals surface area contributed by atoms with Crippen LogP contribution in [0.25, 0.3) is 0 Å². The number of fused-ring (bicyclic) bond motifs is 1. The van der Waals surface area contributed by atoms with Crippen molar-refractivity contribution < 1.29 is 6.22 Å². The Morgan fingerprint density at radius 1 is 1.67 bits per heavy atom. The van der Waals surface area contributed by atoms with Crippen LogP contribution in [0.3, 0.4) is 0 Å². The molecule has 1 aromatic rings. The summed E-state index contributed by atoms with van der Waals surface area (Å²) in [6.07, 6.45) is 3.07. The summed E-state index contributed by atoms with van der Waals surface area (Å²) in [4.78, 5) is 14.2. The van der Waals surface area contributed by atoms with E-state index in [0.717, 1.165) is 5.56 Å². The number of aromatic amines is 1. The quantitative estimate of drug-likeness (QED) is 0.530. The van der Waals surface area contributed by atoms with Crippen molar-refractivity contribution in [2.45, 2.75) is 0 Å². The third kappa shape index (κ3) is 0.440. The molecule has 1 aliphatic heterocycles. The van der Waals surface area contributed by atoms with Crippen LogP contribution < -0.4 is 0 Å². The second-order valence-corrected chi connectivity index (χ2v) is 1.76. The molecule has 44 valence electrons. The molecule has 0 unspecified atom stereocenters. The fourth-order valence-corrected chi connectivity index (χ4v) is 0.757. The van der Waals surface area contributed by atoms with E-state index in [0.29, 0.717) is 5.69 Å². The van der Waals surface area contributed by atoms with Crippen molar-refractivity contribution >= 4 is 12.1 Å². The maximum atomic E-state index is 10.7. The van der Waals surface area contributed by atoms with Gasteiger partial charge >= 0.3 is 1.43 Å². The van der Waals surface area contributed by atoms with Crippen LogP contribution in [0.15, 0.2) is 11.2 Å². The van der Waals surface area contributed by atoms with Crippen LogP contribution in [-0.4, -0.2) is 22.3 Å². The third-order valence-electron chi connectivity index (χ3n) is 1.20. The Labute approximate surface area is 52.1 Å². The number of carbonyl (C=O) groups is 1. The summed E-state index contributed by atoms with van der Waals surface area (Å²) >= 11 is 0. The molecule has 9 heavy (non-hydrogen) atoms. The van der Waals surface area contributed by atoms with E-state index in [2.05, 4.69) is 15.2 Å². The molecule has 0 bridgehead atoms. The first-order valence-corrected chi connectivity index (χ1v) is 2.50. The highest BCUT2D eigenvalue weighted by atomic mass is 16.1. The first-order valence-electron chi connectivity index (χ1n) is 2.50. The van der Waals surface area contributed by atoms with Crippen LogP contribution in [0.1, 0.15) is 17.5 Å². The predicted octanol–water partition coefficient (Wildman–Crippen LogP) is 0.0949. The molecule has 0 radical (unpaired) electrons. The van der Waals surface area contributed by atoms with Gasteiger partial charge in [0.1, 0.15) is 5.69 Å². The van der Waals surface area contributed by atoms with Crippen molar-refractivity contribution in [2.75, 3.05) is 0 Å². The second kappa shape index (κ2) is 1.28. The second-order valence-electron chi connectivity index (χ2n) is 1.76. The Kier molecular flexibility index (Phi) is 0.631. The number of nitrogens with zero attached hydrogens (tertiary/aromatic N) is 2. The van der Waals surface area contributed by atoms with Crippen molar-refractivity contribution in [1.82, 2.24) is 10.2 Å². The largest absolute Gasteiger partial charge is 1.00 e. The van der Waals surface area contributed by atoms with E-state index in [1.165, 1.54) is 6.21 Å². The molecule has 2 rings (SSSR count). The van der Waals surface area contributed by atoms with E-state index < -0.39 is 0 Å². The topological polar surface area (TPSA) is 58.1 Å². The summed E-state index contributed by atoms with van der Waals surface area (Å²) in [6.45, 7) is 0. The summed E-state index contributed by atoms with van der Waals surface area (Å²) in [5, 5.41) is 6.20. The standard InChI is InChI=1S/C5H3N3O/c9-5-4-3(1-6-5)2-7-8-4/h1-2H,(H,7,8)/p+1. The van der Waals surface area contributed by atoms with E-state index in [1.54, 1.807) is 6.20 Å². The lowest BCUT2D eigenvalue weighted by atomic mass is 10.3. The van der Waals surface area contributed by atoms with Gasteiger partial charge in [0.05, 0.1) is 6.20 Å². The van der Waals surface area contributed by atoms with Crippen LogP contribution >= 0.6 is 0 Å². The fourth-order valence-electron chi connectivity index (χ4n) is 0.757. The van der Waals surface area contributed by atoms with Crippen LogP contribution in [0, 0.1) is 0 Å². The van der Waals surface area contributed by atoms with Crippen molar-refractivity contribution in [3.8, 4) is 0 Å². The van der Waals surface area contributed by atoms with Crippen LogP contribution in [0.2, 0.25) is 0 Å². The van der Waals surface area contributed by atoms with Crippen molar-refractivity contribution in [3.05, 3.63) is 17.5 Å². The van der Waals surface area contributed by atoms with Gasteiger partial charge in [-0.2, -0.15) is 5.10 Å². The van der Waals surface area contributed by atoms with Gasteiger partial charge in [-0.1, -0.05) is 0 Å². The molecule has 1 aliphatic rings. The molecular formula is C5H4N3O+. The highest BCUT2D eigenvalue weighted by Gasteiger charge is 2.15. The predicted molar refractivity (Wildman–Crippen MR) is 31.6 cm³/mol. The zero-order chi connectivity index (χ0) is 6.27. The van der Waals surface area contributed by atoms with Gasteiger partial charge in [0.15, 0.2) is 0 Å². The van der Waals surface area contributed by atoms with E-state index in [4.69, 9.17) is 0 Å². The van der Waals surface area contributed by atoms with Gasteiger partial charge in [-0.3, -0.25) is 9.89 Å². The van der Waals surface area contributed by atoms with Gasteiger partial charge in [-0.25, -0.2) is 4.99 Å². The summed E-state index contributed by atoms with van der Waals surface area (Å²) in [6, 6.07) is 0. The molecule has 0 fully saturated rings. The first-order chi connectivity index (χ1) is 4.38. The number of carbonyl (C=O) groups excluding carboxylic acids is 1. The van der Waals surface area contributed by atoms with E-state index in [1.807, 2.05) is 0 Å². The van der Waals surface area contributed by atoms with Gasteiger partial charge in [0.2, 0.25) is 0 Å². The van der Waals surface area contributed by atoms with Crippen LogP contribution in [-0.2, 0) is 0 Å². The molecule has 4 heteroatoms. The number of rotatable bonds is 0. The molecule has 1 aromatic heterocycles. The number of aliphatic imine (C=N–C) groups is 1. The number of amides is 1. The number of nitrogens with one attached hydrogen (secondary N) is 1. The molecule has 0 aromatic carbocycles. The smallest absolute Gasteiger partial charge is 0.272 e. The van der Waals surface area contributed by atoms with Crippen LogP contribution in [0.4, 0.5) is 0 Å². The maximum Gasteiger partial charge on any atom is 1.00 e.